The highest BCUT2D eigenvalue weighted by molar-refractivity contribution is 5.62. The summed E-state index contributed by atoms with van der Waals surface area (Å²) in [4.78, 5) is 0. The highest BCUT2D eigenvalue weighted by Gasteiger charge is 2.14. The Morgan fingerprint density at radius 3 is 2.70 bits per heavy atom. The van der Waals surface area contributed by atoms with Crippen LogP contribution >= 0.6 is 0 Å². The summed E-state index contributed by atoms with van der Waals surface area (Å²) in [7, 11) is 1.62. The van der Waals surface area contributed by atoms with Crippen molar-refractivity contribution in [3.05, 3.63) is 53.8 Å². The first-order valence-electron chi connectivity index (χ1n) is 7.43. The van der Waals surface area contributed by atoms with Crippen LogP contribution in [0.2, 0.25) is 0 Å². The monoisotopic (exact) mass is 313 g/mol. The van der Waals surface area contributed by atoms with Gasteiger partial charge < -0.3 is 13.6 Å². The quantitative estimate of drug-likeness (QED) is 0.751. The number of aryl methyl sites for hydroxylation is 1. The zero-order valence-corrected chi connectivity index (χ0v) is 13.4. The first-order valence-corrected chi connectivity index (χ1v) is 7.43. The number of hydrogen-bond acceptors (Lipinski definition) is 6. The molecular formula is C17H19N3O3. The van der Waals surface area contributed by atoms with E-state index in [1.54, 1.807) is 7.11 Å². The van der Waals surface area contributed by atoms with Gasteiger partial charge in [0, 0.05) is 0 Å². The third-order valence-corrected chi connectivity index (χ3v) is 3.55. The molecule has 0 saturated carbocycles. The van der Waals surface area contributed by atoms with Crippen LogP contribution in [0, 0.1) is 6.92 Å². The molecule has 6 heteroatoms. The average molecular weight is 313 g/mol. The maximum absolute atomic E-state index is 5.71. The Hall–Kier alpha value is -2.60. The minimum atomic E-state index is 0.0605. The summed E-state index contributed by atoms with van der Waals surface area (Å²) in [6, 6.07) is 11.5. The molecule has 1 unspecified atom stereocenters. The number of para-hydroxylation sites is 1. The summed E-state index contributed by atoms with van der Waals surface area (Å²) < 4.78 is 16.6. The largest absolute Gasteiger partial charge is 0.496 e. The fourth-order valence-electron chi connectivity index (χ4n) is 2.28. The van der Waals surface area contributed by atoms with E-state index in [1.165, 1.54) is 0 Å². The smallest absolute Gasteiger partial charge is 0.251 e. The van der Waals surface area contributed by atoms with Crippen molar-refractivity contribution in [1.29, 1.82) is 0 Å². The molecule has 0 spiro atoms. The number of nitrogens with zero attached hydrogens (tertiary/aromatic N) is 2. The van der Waals surface area contributed by atoms with Crippen LogP contribution in [0.15, 0.2) is 45.2 Å². The van der Waals surface area contributed by atoms with Gasteiger partial charge in [-0.15, -0.1) is 10.2 Å². The molecule has 1 aromatic carbocycles. The van der Waals surface area contributed by atoms with E-state index in [1.807, 2.05) is 50.2 Å². The molecule has 0 bridgehead atoms. The van der Waals surface area contributed by atoms with E-state index < -0.39 is 0 Å². The van der Waals surface area contributed by atoms with Gasteiger partial charge in [-0.2, -0.15) is 0 Å². The predicted octanol–water partition coefficient (Wildman–Crippen LogP) is 3.50. The van der Waals surface area contributed by atoms with Crippen molar-refractivity contribution in [3.8, 4) is 17.2 Å². The van der Waals surface area contributed by atoms with E-state index in [-0.39, 0.29) is 6.04 Å². The van der Waals surface area contributed by atoms with E-state index in [2.05, 4.69) is 15.5 Å². The molecule has 0 aliphatic carbocycles. The van der Waals surface area contributed by atoms with Gasteiger partial charge in [-0.05, 0) is 38.1 Å². The summed E-state index contributed by atoms with van der Waals surface area (Å²) >= 11 is 0. The van der Waals surface area contributed by atoms with Crippen molar-refractivity contribution in [2.24, 2.45) is 0 Å². The summed E-state index contributed by atoms with van der Waals surface area (Å²) in [5.74, 6) is 3.44. The lowest BCUT2D eigenvalue weighted by atomic mass is 10.2. The number of rotatable bonds is 6. The number of aromatic nitrogens is 2. The van der Waals surface area contributed by atoms with Gasteiger partial charge in [0.2, 0.25) is 5.89 Å². The highest BCUT2D eigenvalue weighted by atomic mass is 16.5. The Morgan fingerprint density at radius 1 is 1.13 bits per heavy atom. The molecule has 0 fully saturated rings. The van der Waals surface area contributed by atoms with Crippen LogP contribution in [0.1, 0.15) is 30.4 Å². The van der Waals surface area contributed by atoms with Crippen molar-refractivity contribution in [2.45, 2.75) is 26.4 Å². The Bertz CT molecular complexity index is 779. The van der Waals surface area contributed by atoms with E-state index in [9.17, 15) is 0 Å². The summed E-state index contributed by atoms with van der Waals surface area (Å²) in [5, 5.41) is 11.5. The molecule has 1 N–H and O–H groups in total. The normalized spacial score (nSPS) is 12.3. The Labute approximate surface area is 134 Å². The standard InChI is InChI=1S/C17H19N3O3/c1-11-8-9-14(22-11)12(2)18-10-16-19-20-17(23-16)13-6-4-5-7-15(13)21-3/h4-9,12,18H,10H2,1-3H3. The maximum Gasteiger partial charge on any atom is 0.251 e. The molecule has 3 aromatic rings. The first kappa shape index (κ1) is 15.3. The Balaban J connectivity index is 1.68. The van der Waals surface area contributed by atoms with Gasteiger partial charge in [0.1, 0.15) is 17.3 Å². The third kappa shape index (κ3) is 3.43. The summed E-state index contributed by atoms with van der Waals surface area (Å²) in [5.41, 5.74) is 0.781. The van der Waals surface area contributed by atoms with E-state index in [0.717, 1.165) is 17.1 Å². The molecule has 2 aromatic heterocycles. The van der Waals surface area contributed by atoms with Gasteiger partial charge in [0.05, 0.1) is 25.3 Å². The molecule has 0 radical (unpaired) electrons. The molecule has 1 atom stereocenters. The van der Waals surface area contributed by atoms with Crippen molar-refractivity contribution in [1.82, 2.24) is 15.5 Å². The summed E-state index contributed by atoms with van der Waals surface area (Å²) in [6.07, 6.45) is 0. The fourth-order valence-corrected chi connectivity index (χ4v) is 2.28. The van der Waals surface area contributed by atoms with Gasteiger partial charge in [0.15, 0.2) is 0 Å². The average Bonchev–Trinajstić information content (AvgIpc) is 3.21. The molecule has 0 aliphatic heterocycles. The number of benzene rings is 1. The van der Waals surface area contributed by atoms with Crippen LogP contribution in [-0.4, -0.2) is 17.3 Å². The number of furan rings is 1. The zero-order chi connectivity index (χ0) is 16.2. The molecule has 2 heterocycles. The molecular weight excluding hydrogens is 294 g/mol. The second-order valence-corrected chi connectivity index (χ2v) is 5.25. The molecule has 0 aliphatic rings. The van der Waals surface area contributed by atoms with E-state index in [4.69, 9.17) is 13.6 Å². The van der Waals surface area contributed by atoms with Gasteiger partial charge in [-0.3, -0.25) is 5.32 Å². The van der Waals surface area contributed by atoms with Gasteiger partial charge >= 0.3 is 0 Å². The predicted molar refractivity (Wildman–Crippen MR) is 85.0 cm³/mol. The third-order valence-electron chi connectivity index (χ3n) is 3.55. The molecule has 0 saturated heterocycles. The van der Waals surface area contributed by atoms with Gasteiger partial charge in [-0.1, -0.05) is 12.1 Å². The Kier molecular flexibility index (Phi) is 4.43. The molecule has 23 heavy (non-hydrogen) atoms. The molecule has 6 nitrogen and oxygen atoms in total. The van der Waals surface area contributed by atoms with E-state index in [0.29, 0.717) is 24.1 Å². The zero-order valence-electron chi connectivity index (χ0n) is 13.4. The maximum atomic E-state index is 5.71. The Morgan fingerprint density at radius 2 is 1.96 bits per heavy atom. The van der Waals surface area contributed by atoms with Crippen molar-refractivity contribution in [2.75, 3.05) is 7.11 Å². The number of nitrogens with one attached hydrogen (secondary N) is 1. The van der Waals surface area contributed by atoms with Gasteiger partial charge in [-0.25, -0.2) is 0 Å². The van der Waals surface area contributed by atoms with Gasteiger partial charge in [0.25, 0.3) is 5.89 Å². The number of hydrogen-bond donors (Lipinski definition) is 1. The van der Waals surface area contributed by atoms with E-state index >= 15 is 0 Å². The van der Waals surface area contributed by atoms with Crippen molar-refractivity contribution < 1.29 is 13.6 Å². The first-order chi connectivity index (χ1) is 11.2. The number of ether oxygens (including phenoxy) is 1. The lowest BCUT2D eigenvalue weighted by Crippen LogP contribution is -2.17. The molecule has 120 valence electrons. The van der Waals surface area contributed by atoms with Crippen LogP contribution in [0.3, 0.4) is 0 Å². The van der Waals surface area contributed by atoms with Crippen molar-refractivity contribution in [3.63, 3.8) is 0 Å². The van der Waals surface area contributed by atoms with Crippen LogP contribution in [-0.2, 0) is 6.54 Å². The van der Waals surface area contributed by atoms with Crippen LogP contribution in [0.4, 0.5) is 0 Å². The van der Waals surface area contributed by atoms with Crippen LogP contribution in [0.5, 0.6) is 5.75 Å². The molecule has 0 amide bonds. The highest BCUT2D eigenvalue weighted by Crippen LogP contribution is 2.28. The minimum absolute atomic E-state index is 0.0605. The molecule has 3 rings (SSSR count). The van der Waals surface area contributed by atoms with Crippen molar-refractivity contribution >= 4 is 0 Å². The fraction of sp³-hybridized carbons (Fsp3) is 0.294. The SMILES string of the molecule is COc1ccccc1-c1nnc(CNC(C)c2ccc(C)o2)o1. The second kappa shape index (κ2) is 6.66. The lowest BCUT2D eigenvalue weighted by Gasteiger charge is -2.08. The minimum Gasteiger partial charge on any atom is -0.496 e. The lowest BCUT2D eigenvalue weighted by molar-refractivity contribution is 0.393. The number of methoxy groups -OCH3 is 1. The topological polar surface area (TPSA) is 73.3 Å². The second-order valence-electron chi connectivity index (χ2n) is 5.25. The summed E-state index contributed by atoms with van der Waals surface area (Å²) in [6.45, 7) is 4.41. The van der Waals surface area contributed by atoms with Crippen LogP contribution < -0.4 is 10.1 Å². The van der Waals surface area contributed by atoms with Crippen LogP contribution in [0.25, 0.3) is 11.5 Å².